The number of carbonyl (C=O) groups is 1. The van der Waals surface area contributed by atoms with E-state index in [1.54, 1.807) is 4.90 Å². The van der Waals surface area contributed by atoms with Crippen molar-refractivity contribution in [2.45, 2.75) is 59.0 Å². The predicted octanol–water partition coefficient (Wildman–Crippen LogP) is 3.14. The van der Waals surface area contributed by atoms with E-state index in [0.717, 1.165) is 36.6 Å². The quantitative estimate of drug-likeness (QED) is 0.859. The largest absolute Gasteiger partial charge is 0.444 e. The molecule has 0 saturated carbocycles. The summed E-state index contributed by atoms with van der Waals surface area (Å²) in [6, 6.07) is 0. The predicted molar refractivity (Wildman–Crippen MR) is 77.8 cm³/mol. The fourth-order valence-corrected chi connectivity index (χ4v) is 2.46. The van der Waals surface area contributed by atoms with Crippen LogP contribution in [0.15, 0.2) is 0 Å². The summed E-state index contributed by atoms with van der Waals surface area (Å²) in [4.78, 5) is 21.8. The summed E-state index contributed by atoms with van der Waals surface area (Å²) in [6.07, 6.45) is 1.83. The summed E-state index contributed by atoms with van der Waals surface area (Å²) in [7, 11) is 0. The van der Waals surface area contributed by atoms with Gasteiger partial charge >= 0.3 is 6.09 Å². The number of hydrogen-bond donors (Lipinski definition) is 1. The molecule has 1 N–H and O–H groups in total. The number of nitrogens with zero attached hydrogens (tertiary/aromatic N) is 2. The van der Waals surface area contributed by atoms with Crippen molar-refractivity contribution in [3.05, 3.63) is 17.2 Å². The Morgan fingerprint density at radius 2 is 2.10 bits per heavy atom. The Morgan fingerprint density at radius 1 is 1.40 bits per heavy atom. The molecular weight excluding hydrogens is 254 g/mol. The molecule has 1 saturated heterocycles. The van der Waals surface area contributed by atoms with Gasteiger partial charge < -0.3 is 14.6 Å². The maximum absolute atomic E-state index is 12.1. The Bertz CT molecular complexity index is 468. The zero-order valence-electron chi connectivity index (χ0n) is 13.1. The maximum atomic E-state index is 12.1. The number of imidazole rings is 1. The van der Waals surface area contributed by atoms with E-state index >= 15 is 0 Å². The van der Waals surface area contributed by atoms with Crippen LogP contribution in [0.5, 0.6) is 0 Å². The summed E-state index contributed by atoms with van der Waals surface area (Å²) >= 11 is 0. The molecule has 0 spiro atoms. The molecule has 0 aliphatic carbocycles. The van der Waals surface area contributed by atoms with E-state index in [2.05, 4.69) is 9.97 Å². The molecule has 1 amide bonds. The minimum Gasteiger partial charge on any atom is -0.444 e. The average Bonchev–Trinajstić information content (AvgIpc) is 2.68. The molecule has 1 aromatic rings. The lowest BCUT2D eigenvalue weighted by atomic mass is 9.98. The first-order chi connectivity index (χ1) is 9.26. The zero-order valence-corrected chi connectivity index (χ0v) is 13.1. The fraction of sp³-hybridized carbons (Fsp3) is 0.733. The number of hydrogen-bond acceptors (Lipinski definition) is 3. The highest BCUT2D eigenvalue weighted by Crippen LogP contribution is 2.26. The summed E-state index contributed by atoms with van der Waals surface area (Å²) in [5.74, 6) is 1.27. The van der Waals surface area contributed by atoms with Gasteiger partial charge in [0.15, 0.2) is 0 Å². The third-order valence-electron chi connectivity index (χ3n) is 3.61. The van der Waals surface area contributed by atoms with E-state index < -0.39 is 5.60 Å². The van der Waals surface area contributed by atoms with Crippen molar-refractivity contribution in [3.8, 4) is 0 Å². The first kappa shape index (κ1) is 14.9. The summed E-state index contributed by atoms with van der Waals surface area (Å²) < 4.78 is 5.45. The van der Waals surface area contributed by atoms with Gasteiger partial charge in [0.1, 0.15) is 11.4 Å². The zero-order chi connectivity index (χ0) is 14.9. The number of piperidine rings is 1. The second-order valence-electron chi connectivity index (χ2n) is 6.60. The van der Waals surface area contributed by atoms with Crippen LogP contribution in [0.3, 0.4) is 0 Å². The first-order valence-electron chi connectivity index (χ1n) is 7.27. The van der Waals surface area contributed by atoms with Crippen LogP contribution >= 0.6 is 0 Å². The van der Waals surface area contributed by atoms with Gasteiger partial charge in [0.25, 0.3) is 0 Å². The van der Waals surface area contributed by atoms with Crippen molar-refractivity contribution in [1.29, 1.82) is 0 Å². The van der Waals surface area contributed by atoms with Crippen LogP contribution in [0.1, 0.15) is 56.7 Å². The van der Waals surface area contributed by atoms with Crippen LogP contribution < -0.4 is 0 Å². The van der Waals surface area contributed by atoms with Crippen molar-refractivity contribution < 1.29 is 9.53 Å². The number of H-pyrrole nitrogens is 1. The second kappa shape index (κ2) is 5.46. The molecule has 1 atom stereocenters. The second-order valence-corrected chi connectivity index (χ2v) is 6.60. The Balaban J connectivity index is 2.03. The van der Waals surface area contributed by atoms with Crippen molar-refractivity contribution in [2.75, 3.05) is 13.1 Å². The molecular formula is C15H25N3O2. The number of rotatable bonds is 1. The topological polar surface area (TPSA) is 58.2 Å². The molecule has 2 rings (SSSR count). The van der Waals surface area contributed by atoms with E-state index in [1.165, 1.54) is 0 Å². The van der Waals surface area contributed by atoms with Gasteiger partial charge in [-0.05, 0) is 47.5 Å². The van der Waals surface area contributed by atoms with Gasteiger partial charge in [0.05, 0.1) is 5.69 Å². The standard InChI is InChI=1S/C15H25N3O2/c1-10-11(2)17-13(16-10)12-7-6-8-18(9-12)14(19)20-15(3,4)5/h12H,6-9H2,1-5H3,(H,16,17). The smallest absolute Gasteiger partial charge is 0.410 e. The number of aromatic nitrogens is 2. The van der Waals surface area contributed by atoms with Crippen LogP contribution in [0, 0.1) is 13.8 Å². The molecule has 1 fully saturated rings. The van der Waals surface area contributed by atoms with Gasteiger partial charge in [-0.1, -0.05) is 0 Å². The highest BCUT2D eigenvalue weighted by molar-refractivity contribution is 5.68. The van der Waals surface area contributed by atoms with Crippen LogP contribution in [0.25, 0.3) is 0 Å². The summed E-state index contributed by atoms with van der Waals surface area (Å²) in [5.41, 5.74) is 1.70. The highest BCUT2D eigenvalue weighted by atomic mass is 16.6. The van der Waals surface area contributed by atoms with Crippen molar-refractivity contribution in [1.82, 2.24) is 14.9 Å². The van der Waals surface area contributed by atoms with Crippen LogP contribution in [0.4, 0.5) is 4.79 Å². The van der Waals surface area contributed by atoms with Crippen molar-refractivity contribution in [2.24, 2.45) is 0 Å². The van der Waals surface area contributed by atoms with Crippen LogP contribution in [-0.2, 0) is 4.74 Å². The number of nitrogens with one attached hydrogen (secondary N) is 1. The van der Waals surface area contributed by atoms with E-state index in [4.69, 9.17) is 4.74 Å². The third-order valence-corrected chi connectivity index (χ3v) is 3.61. The van der Waals surface area contributed by atoms with Crippen molar-refractivity contribution in [3.63, 3.8) is 0 Å². The lowest BCUT2D eigenvalue weighted by Crippen LogP contribution is -2.42. The van der Waals surface area contributed by atoms with Gasteiger partial charge in [-0.25, -0.2) is 9.78 Å². The monoisotopic (exact) mass is 279 g/mol. The van der Waals surface area contributed by atoms with E-state index in [-0.39, 0.29) is 12.0 Å². The molecule has 1 unspecified atom stereocenters. The molecule has 0 aromatic carbocycles. The van der Waals surface area contributed by atoms with Gasteiger partial charge in [-0.2, -0.15) is 0 Å². The van der Waals surface area contributed by atoms with Gasteiger partial charge in [-0.3, -0.25) is 0 Å². The van der Waals surface area contributed by atoms with Gasteiger partial charge in [-0.15, -0.1) is 0 Å². The molecule has 112 valence electrons. The molecule has 5 nitrogen and oxygen atoms in total. The normalized spacial score (nSPS) is 20.1. The number of aromatic amines is 1. The summed E-state index contributed by atoms with van der Waals surface area (Å²) in [5, 5.41) is 0. The van der Waals surface area contributed by atoms with Crippen LogP contribution in [-0.4, -0.2) is 39.7 Å². The Morgan fingerprint density at radius 3 is 2.65 bits per heavy atom. The van der Waals surface area contributed by atoms with Crippen LogP contribution in [0.2, 0.25) is 0 Å². The van der Waals surface area contributed by atoms with E-state index in [9.17, 15) is 4.79 Å². The molecule has 20 heavy (non-hydrogen) atoms. The lowest BCUT2D eigenvalue weighted by molar-refractivity contribution is 0.0196. The SMILES string of the molecule is Cc1nc(C2CCCN(C(=O)OC(C)(C)C)C2)[nH]c1C. The van der Waals surface area contributed by atoms with Gasteiger partial charge in [0, 0.05) is 24.7 Å². The Kier molecular flexibility index (Phi) is 4.06. The van der Waals surface area contributed by atoms with E-state index in [1.807, 2.05) is 34.6 Å². The molecule has 1 aliphatic heterocycles. The minimum absolute atomic E-state index is 0.220. The Hall–Kier alpha value is -1.52. The number of aryl methyl sites for hydroxylation is 2. The average molecular weight is 279 g/mol. The summed E-state index contributed by atoms with van der Waals surface area (Å²) in [6.45, 7) is 11.2. The molecule has 1 aromatic heterocycles. The maximum Gasteiger partial charge on any atom is 0.410 e. The number of likely N-dealkylation sites (tertiary alicyclic amines) is 1. The number of carbonyl (C=O) groups excluding carboxylic acids is 1. The molecule has 0 bridgehead atoms. The first-order valence-corrected chi connectivity index (χ1v) is 7.27. The number of amides is 1. The number of ether oxygens (including phenoxy) is 1. The molecule has 2 heterocycles. The van der Waals surface area contributed by atoms with Gasteiger partial charge in [0.2, 0.25) is 0 Å². The molecule has 5 heteroatoms. The minimum atomic E-state index is -0.443. The highest BCUT2D eigenvalue weighted by Gasteiger charge is 2.29. The Labute approximate surface area is 120 Å². The third kappa shape index (κ3) is 3.52. The molecule has 0 radical (unpaired) electrons. The lowest BCUT2D eigenvalue weighted by Gasteiger charge is -2.33. The fourth-order valence-electron chi connectivity index (χ4n) is 2.46. The molecule has 1 aliphatic rings. The van der Waals surface area contributed by atoms with E-state index in [0.29, 0.717) is 6.54 Å². The van der Waals surface area contributed by atoms with Crippen molar-refractivity contribution >= 4 is 6.09 Å².